The molecule has 0 atom stereocenters. The van der Waals surface area contributed by atoms with Gasteiger partial charge in [0.1, 0.15) is 11.6 Å². The van der Waals surface area contributed by atoms with E-state index in [1.54, 1.807) is 12.1 Å². The number of hydrogen-bond donors (Lipinski definition) is 2. The van der Waals surface area contributed by atoms with Gasteiger partial charge in [-0.2, -0.15) is 0 Å². The maximum Gasteiger partial charge on any atom is 0.307 e. The lowest BCUT2D eigenvalue weighted by Gasteiger charge is -2.13. The second-order valence-corrected chi connectivity index (χ2v) is 6.56. The molecule has 2 N–H and O–H groups in total. The van der Waals surface area contributed by atoms with Crippen molar-refractivity contribution >= 4 is 17.5 Å². The molecule has 6 heteroatoms. The predicted octanol–water partition coefficient (Wildman–Crippen LogP) is 4.59. The topological polar surface area (TPSA) is 88.3 Å². The average molecular weight is 365 g/mol. The fraction of sp³-hybridized carbons (Fsp3) is 0.286. The summed E-state index contributed by atoms with van der Waals surface area (Å²) in [5.74, 6) is 1.94. The molecule has 6 nitrogen and oxygen atoms in total. The lowest BCUT2D eigenvalue weighted by molar-refractivity contribution is -0.136. The molecule has 3 rings (SSSR count). The number of benzene rings is 1. The molecule has 0 amide bonds. The fourth-order valence-electron chi connectivity index (χ4n) is 2.93. The Kier molecular flexibility index (Phi) is 5.26. The number of aryl methyl sites for hydroxylation is 3. The molecule has 0 radical (unpaired) electrons. The zero-order valence-corrected chi connectivity index (χ0v) is 16.0. The van der Waals surface area contributed by atoms with Crippen LogP contribution in [-0.4, -0.2) is 21.0 Å². The number of aromatic nitrogens is 2. The number of furan rings is 1. The van der Waals surface area contributed by atoms with Crippen molar-refractivity contribution in [2.75, 3.05) is 5.32 Å². The minimum absolute atomic E-state index is 0.00838. The van der Waals surface area contributed by atoms with Crippen molar-refractivity contribution in [2.24, 2.45) is 0 Å². The molecule has 2 heterocycles. The quantitative estimate of drug-likeness (QED) is 0.664. The second-order valence-electron chi connectivity index (χ2n) is 6.56. The molecule has 0 saturated heterocycles. The maximum atomic E-state index is 10.8. The Morgan fingerprint density at radius 1 is 1.15 bits per heavy atom. The number of carbonyl (C=O) groups is 1. The van der Waals surface area contributed by atoms with Crippen molar-refractivity contribution in [3.8, 4) is 11.6 Å². The Morgan fingerprint density at radius 3 is 2.41 bits per heavy atom. The Balaban J connectivity index is 1.94. The van der Waals surface area contributed by atoms with Gasteiger partial charge in [-0.1, -0.05) is 19.1 Å². The van der Waals surface area contributed by atoms with Gasteiger partial charge in [0, 0.05) is 16.9 Å². The molecule has 0 saturated carbocycles. The average Bonchev–Trinajstić information content (AvgIpc) is 2.95. The van der Waals surface area contributed by atoms with Crippen molar-refractivity contribution in [3.63, 3.8) is 0 Å². The van der Waals surface area contributed by atoms with Crippen LogP contribution in [0.3, 0.4) is 0 Å². The molecule has 0 unspecified atom stereocenters. The van der Waals surface area contributed by atoms with E-state index in [0.717, 1.165) is 46.1 Å². The smallest absolute Gasteiger partial charge is 0.307 e. The molecule has 0 aliphatic heterocycles. The first-order valence-electron chi connectivity index (χ1n) is 8.90. The molecule has 0 aliphatic rings. The van der Waals surface area contributed by atoms with Gasteiger partial charge >= 0.3 is 5.97 Å². The third-order valence-corrected chi connectivity index (χ3v) is 4.53. The summed E-state index contributed by atoms with van der Waals surface area (Å²) in [5, 5.41) is 12.2. The first kappa shape index (κ1) is 18.6. The van der Waals surface area contributed by atoms with E-state index in [2.05, 4.69) is 22.2 Å². The number of carboxylic acids is 1. The minimum Gasteiger partial charge on any atom is -0.481 e. The first-order chi connectivity index (χ1) is 12.9. The van der Waals surface area contributed by atoms with Gasteiger partial charge in [0.2, 0.25) is 0 Å². The van der Waals surface area contributed by atoms with E-state index in [-0.39, 0.29) is 6.42 Å². The lowest BCUT2D eigenvalue weighted by Crippen LogP contribution is -2.05. The highest BCUT2D eigenvalue weighted by molar-refractivity contribution is 5.71. The van der Waals surface area contributed by atoms with E-state index in [1.165, 1.54) is 0 Å². The molecule has 3 aromatic rings. The SMILES string of the molecule is CCc1c(C)nc(-c2cc(C)c(C)o2)nc1Nc1ccc(CC(=O)O)cc1. The lowest BCUT2D eigenvalue weighted by atomic mass is 10.1. The van der Waals surface area contributed by atoms with E-state index < -0.39 is 5.97 Å². The van der Waals surface area contributed by atoms with Crippen molar-refractivity contribution in [3.05, 3.63) is 58.5 Å². The molecule has 2 aromatic heterocycles. The largest absolute Gasteiger partial charge is 0.481 e. The Labute approximate surface area is 158 Å². The van der Waals surface area contributed by atoms with E-state index >= 15 is 0 Å². The van der Waals surface area contributed by atoms with Crippen LogP contribution in [-0.2, 0) is 17.6 Å². The highest BCUT2D eigenvalue weighted by Gasteiger charge is 2.15. The molecule has 1 aromatic carbocycles. The van der Waals surface area contributed by atoms with Crippen LogP contribution >= 0.6 is 0 Å². The molecule has 0 spiro atoms. The van der Waals surface area contributed by atoms with Gasteiger partial charge in [0.25, 0.3) is 0 Å². The Bertz CT molecular complexity index is 956. The summed E-state index contributed by atoms with van der Waals surface area (Å²) in [4.78, 5) is 20.1. The summed E-state index contributed by atoms with van der Waals surface area (Å²) in [7, 11) is 0. The standard InChI is InChI=1S/C21H23N3O3/c1-5-17-13(3)22-21(18-10-12(2)14(4)27-18)24-20(17)23-16-8-6-15(7-9-16)11-19(25)26/h6-10H,5,11H2,1-4H3,(H,25,26)(H,22,23,24). The van der Waals surface area contributed by atoms with Crippen molar-refractivity contribution < 1.29 is 14.3 Å². The molecular formula is C21H23N3O3. The van der Waals surface area contributed by atoms with Crippen LogP contribution in [0.5, 0.6) is 0 Å². The maximum absolute atomic E-state index is 10.8. The Morgan fingerprint density at radius 2 is 1.85 bits per heavy atom. The van der Waals surface area contributed by atoms with Crippen LogP contribution in [0.15, 0.2) is 34.7 Å². The number of anilines is 2. The fourth-order valence-corrected chi connectivity index (χ4v) is 2.93. The van der Waals surface area contributed by atoms with E-state index in [4.69, 9.17) is 9.52 Å². The summed E-state index contributed by atoms with van der Waals surface area (Å²) in [5.41, 5.74) is 4.60. The zero-order valence-electron chi connectivity index (χ0n) is 16.0. The van der Waals surface area contributed by atoms with Crippen molar-refractivity contribution in [1.82, 2.24) is 9.97 Å². The molecule has 140 valence electrons. The predicted molar refractivity (Wildman–Crippen MR) is 104 cm³/mol. The number of nitrogens with one attached hydrogen (secondary N) is 1. The van der Waals surface area contributed by atoms with Crippen LogP contribution in [0.2, 0.25) is 0 Å². The zero-order chi connectivity index (χ0) is 19.6. The molecule has 27 heavy (non-hydrogen) atoms. The number of aliphatic carboxylic acids is 1. The van der Waals surface area contributed by atoms with Gasteiger partial charge in [0.15, 0.2) is 11.6 Å². The molecular weight excluding hydrogens is 342 g/mol. The normalized spacial score (nSPS) is 10.8. The summed E-state index contributed by atoms with van der Waals surface area (Å²) in [6.07, 6.45) is 0.802. The molecule has 0 bridgehead atoms. The third kappa shape index (κ3) is 4.16. The number of nitrogens with zero attached hydrogens (tertiary/aromatic N) is 2. The van der Waals surface area contributed by atoms with Crippen LogP contribution in [0, 0.1) is 20.8 Å². The minimum atomic E-state index is -0.843. The highest BCUT2D eigenvalue weighted by atomic mass is 16.4. The Hall–Kier alpha value is -3.15. The number of carboxylic acid groups (broad SMARTS) is 1. The summed E-state index contributed by atoms with van der Waals surface area (Å²) < 4.78 is 5.78. The van der Waals surface area contributed by atoms with E-state index in [1.807, 2.05) is 39.0 Å². The van der Waals surface area contributed by atoms with Gasteiger partial charge in [0.05, 0.1) is 6.42 Å². The van der Waals surface area contributed by atoms with E-state index in [0.29, 0.717) is 11.6 Å². The van der Waals surface area contributed by atoms with Crippen LogP contribution < -0.4 is 5.32 Å². The van der Waals surface area contributed by atoms with Gasteiger partial charge in [-0.25, -0.2) is 9.97 Å². The summed E-state index contributed by atoms with van der Waals surface area (Å²) in [6, 6.07) is 9.26. The van der Waals surface area contributed by atoms with Gasteiger partial charge in [-0.05, 0) is 56.5 Å². The van der Waals surface area contributed by atoms with E-state index in [9.17, 15) is 4.79 Å². The van der Waals surface area contributed by atoms with Crippen LogP contribution in [0.25, 0.3) is 11.6 Å². The van der Waals surface area contributed by atoms with Crippen LogP contribution in [0.1, 0.15) is 35.1 Å². The van der Waals surface area contributed by atoms with Crippen molar-refractivity contribution in [2.45, 2.75) is 40.5 Å². The number of hydrogen-bond acceptors (Lipinski definition) is 5. The summed E-state index contributed by atoms with van der Waals surface area (Å²) in [6.45, 7) is 7.94. The van der Waals surface area contributed by atoms with Gasteiger partial charge < -0.3 is 14.8 Å². The van der Waals surface area contributed by atoms with Gasteiger partial charge in [-0.3, -0.25) is 4.79 Å². The molecule has 0 aliphatic carbocycles. The monoisotopic (exact) mass is 365 g/mol. The summed E-state index contributed by atoms with van der Waals surface area (Å²) >= 11 is 0. The van der Waals surface area contributed by atoms with Gasteiger partial charge in [-0.15, -0.1) is 0 Å². The number of rotatable bonds is 6. The first-order valence-corrected chi connectivity index (χ1v) is 8.90. The second kappa shape index (κ2) is 7.61. The van der Waals surface area contributed by atoms with Crippen LogP contribution in [0.4, 0.5) is 11.5 Å². The highest BCUT2D eigenvalue weighted by Crippen LogP contribution is 2.28. The third-order valence-electron chi connectivity index (χ3n) is 4.53. The van der Waals surface area contributed by atoms with Crippen molar-refractivity contribution in [1.29, 1.82) is 0 Å². The molecule has 0 fully saturated rings.